The van der Waals surface area contributed by atoms with Crippen LogP contribution in [0.1, 0.15) is 6.92 Å². The molecule has 4 N–H and O–H groups in total. The Morgan fingerprint density at radius 1 is 1.75 bits per heavy atom. The molecular weight excluding hydrogens is 102 g/mol. The van der Waals surface area contributed by atoms with Crippen molar-refractivity contribution in [1.29, 1.82) is 0 Å². The predicted octanol–water partition coefficient (Wildman–Crippen LogP) is -0.164. The molecule has 3 heteroatoms. The average molecular weight is 113 g/mol. The number of aliphatic imine (C=N–C) groups is 1. The number of nitrogens with two attached hydrogens (primary N) is 2. The Kier molecular flexibility index (Phi) is 3.88. The van der Waals surface area contributed by atoms with Gasteiger partial charge in [-0.2, -0.15) is 0 Å². The molecule has 46 valence electrons. The topological polar surface area (TPSA) is 64.4 Å². The third-order valence-corrected chi connectivity index (χ3v) is 0.599. The molecular formula is C5H11N3. The van der Waals surface area contributed by atoms with E-state index in [1.54, 1.807) is 12.3 Å². The van der Waals surface area contributed by atoms with Crippen molar-refractivity contribution in [2.45, 2.75) is 6.92 Å². The van der Waals surface area contributed by atoms with Crippen LogP contribution in [0, 0.1) is 0 Å². The number of allylic oxidation sites excluding steroid dienone is 1. The molecule has 8 heavy (non-hydrogen) atoms. The normalized spacial score (nSPS) is 13.0. The monoisotopic (exact) mass is 113 g/mol. The fourth-order valence-electron chi connectivity index (χ4n) is 0.223. The maximum absolute atomic E-state index is 5.23. The Bertz CT molecular complexity index is 104. The van der Waals surface area contributed by atoms with Gasteiger partial charge in [0.15, 0.2) is 0 Å². The Hall–Kier alpha value is -0.830. The maximum atomic E-state index is 5.23. The van der Waals surface area contributed by atoms with Gasteiger partial charge in [-0.15, -0.1) is 0 Å². The van der Waals surface area contributed by atoms with Crippen molar-refractivity contribution in [2.24, 2.45) is 16.5 Å². The van der Waals surface area contributed by atoms with Crippen molar-refractivity contribution in [3.8, 4) is 0 Å². The zero-order chi connectivity index (χ0) is 6.41. The summed E-state index contributed by atoms with van der Waals surface area (Å²) in [7, 11) is 0. The molecule has 0 amide bonds. The lowest BCUT2D eigenvalue weighted by Gasteiger charge is -1.87. The van der Waals surface area contributed by atoms with Gasteiger partial charge in [-0.1, -0.05) is 6.08 Å². The van der Waals surface area contributed by atoms with Crippen LogP contribution in [-0.4, -0.2) is 12.4 Å². The summed E-state index contributed by atoms with van der Waals surface area (Å²) in [5.41, 5.74) is 10.4. The summed E-state index contributed by atoms with van der Waals surface area (Å²) in [6.07, 6.45) is 3.41. The van der Waals surface area contributed by atoms with Crippen molar-refractivity contribution in [3.63, 3.8) is 0 Å². The first-order valence-electron chi connectivity index (χ1n) is 2.44. The largest absolute Gasteiger partial charge is 0.386 e. The standard InChI is InChI=1S/C5H11N3/c1-2-3-8-5(7)4-6/h2-3H,4,6H2,1H3,(H2,7,8)/b3-2-. The van der Waals surface area contributed by atoms with E-state index in [1.807, 2.05) is 6.92 Å². The second-order valence-corrected chi connectivity index (χ2v) is 1.31. The van der Waals surface area contributed by atoms with E-state index in [-0.39, 0.29) is 0 Å². The lowest BCUT2D eigenvalue weighted by atomic mass is 10.6. The number of rotatable bonds is 2. The Morgan fingerprint density at radius 3 is 2.75 bits per heavy atom. The smallest absolute Gasteiger partial charge is 0.113 e. The minimum absolute atomic E-state index is 0.324. The Labute approximate surface area is 49.1 Å². The molecule has 0 rings (SSSR count). The molecule has 3 nitrogen and oxygen atoms in total. The summed E-state index contributed by atoms with van der Waals surface area (Å²) in [4.78, 5) is 3.75. The summed E-state index contributed by atoms with van der Waals surface area (Å²) in [5.74, 6) is 0.461. The summed E-state index contributed by atoms with van der Waals surface area (Å²) >= 11 is 0. The molecule has 0 heterocycles. The van der Waals surface area contributed by atoms with Crippen molar-refractivity contribution < 1.29 is 0 Å². The van der Waals surface area contributed by atoms with E-state index in [2.05, 4.69) is 4.99 Å². The molecule has 0 spiro atoms. The third-order valence-electron chi connectivity index (χ3n) is 0.599. The highest BCUT2D eigenvalue weighted by molar-refractivity contribution is 5.82. The van der Waals surface area contributed by atoms with Gasteiger partial charge in [-0.05, 0) is 6.92 Å². The van der Waals surface area contributed by atoms with Gasteiger partial charge in [0.25, 0.3) is 0 Å². The molecule has 0 aliphatic rings. The predicted molar refractivity (Wildman–Crippen MR) is 35.5 cm³/mol. The van der Waals surface area contributed by atoms with Crippen molar-refractivity contribution >= 4 is 5.84 Å². The zero-order valence-corrected chi connectivity index (χ0v) is 4.96. The Balaban J connectivity index is 3.57. The molecule has 0 aromatic carbocycles. The molecule has 0 saturated carbocycles. The first kappa shape index (κ1) is 7.17. The molecule has 0 bridgehead atoms. The van der Waals surface area contributed by atoms with Gasteiger partial charge in [-0.3, -0.25) is 0 Å². The number of hydrogen-bond donors (Lipinski definition) is 2. The lowest BCUT2D eigenvalue weighted by molar-refractivity contribution is 1.26. The molecule has 0 atom stereocenters. The highest BCUT2D eigenvalue weighted by Crippen LogP contribution is 1.71. The molecule has 0 unspecified atom stereocenters. The van der Waals surface area contributed by atoms with Crippen LogP contribution >= 0.6 is 0 Å². The van der Waals surface area contributed by atoms with E-state index in [9.17, 15) is 0 Å². The van der Waals surface area contributed by atoms with Crippen LogP contribution in [0.4, 0.5) is 0 Å². The number of hydrogen-bond acceptors (Lipinski definition) is 2. The van der Waals surface area contributed by atoms with Crippen LogP contribution in [-0.2, 0) is 0 Å². The summed E-state index contributed by atoms with van der Waals surface area (Å²) in [5, 5.41) is 0. The van der Waals surface area contributed by atoms with Crippen LogP contribution in [0.3, 0.4) is 0 Å². The quantitative estimate of drug-likeness (QED) is 0.386. The molecule has 0 aromatic heterocycles. The van der Waals surface area contributed by atoms with Gasteiger partial charge in [0.1, 0.15) is 5.84 Å². The van der Waals surface area contributed by atoms with Gasteiger partial charge < -0.3 is 11.5 Å². The van der Waals surface area contributed by atoms with Crippen molar-refractivity contribution in [2.75, 3.05) is 6.54 Å². The number of amidine groups is 1. The van der Waals surface area contributed by atoms with E-state index in [0.717, 1.165) is 0 Å². The van der Waals surface area contributed by atoms with Crippen LogP contribution in [0.25, 0.3) is 0 Å². The molecule has 0 aromatic rings. The highest BCUT2D eigenvalue weighted by Gasteiger charge is 1.77. The van der Waals surface area contributed by atoms with E-state index >= 15 is 0 Å². The van der Waals surface area contributed by atoms with Crippen LogP contribution in [0.2, 0.25) is 0 Å². The number of nitrogens with zero attached hydrogens (tertiary/aromatic N) is 1. The molecule has 0 aliphatic carbocycles. The lowest BCUT2D eigenvalue weighted by Crippen LogP contribution is -2.22. The third kappa shape index (κ3) is 3.36. The average Bonchev–Trinajstić information content (AvgIpc) is 1.83. The maximum Gasteiger partial charge on any atom is 0.113 e. The highest BCUT2D eigenvalue weighted by atomic mass is 14.9. The Morgan fingerprint density at radius 2 is 2.38 bits per heavy atom. The second-order valence-electron chi connectivity index (χ2n) is 1.31. The minimum Gasteiger partial charge on any atom is -0.386 e. The summed E-state index contributed by atoms with van der Waals surface area (Å²) < 4.78 is 0. The summed E-state index contributed by atoms with van der Waals surface area (Å²) in [6, 6.07) is 0. The van der Waals surface area contributed by atoms with E-state index in [4.69, 9.17) is 11.5 Å². The van der Waals surface area contributed by atoms with Crippen molar-refractivity contribution in [1.82, 2.24) is 0 Å². The van der Waals surface area contributed by atoms with Crippen LogP contribution in [0.5, 0.6) is 0 Å². The molecule has 0 radical (unpaired) electrons. The minimum atomic E-state index is 0.324. The fourth-order valence-corrected chi connectivity index (χ4v) is 0.223. The molecule has 0 saturated heterocycles. The van der Waals surface area contributed by atoms with Gasteiger partial charge in [0.05, 0.1) is 6.54 Å². The zero-order valence-electron chi connectivity index (χ0n) is 4.96. The molecule has 0 fully saturated rings. The SMILES string of the molecule is C/C=C\N=C(/N)CN. The van der Waals surface area contributed by atoms with Gasteiger partial charge >= 0.3 is 0 Å². The fraction of sp³-hybridized carbons (Fsp3) is 0.400. The first-order valence-corrected chi connectivity index (χ1v) is 2.44. The van der Waals surface area contributed by atoms with Crippen LogP contribution < -0.4 is 11.5 Å². The van der Waals surface area contributed by atoms with Gasteiger partial charge in [0.2, 0.25) is 0 Å². The van der Waals surface area contributed by atoms with E-state index in [1.165, 1.54) is 0 Å². The van der Waals surface area contributed by atoms with Gasteiger partial charge in [-0.25, -0.2) is 4.99 Å². The van der Waals surface area contributed by atoms with E-state index < -0.39 is 0 Å². The summed E-state index contributed by atoms with van der Waals surface area (Å²) in [6.45, 7) is 2.19. The first-order chi connectivity index (χ1) is 3.81. The van der Waals surface area contributed by atoms with Crippen molar-refractivity contribution in [3.05, 3.63) is 12.3 Å². The van der Waals surface area contributed by atoms with Crippen LogP contribution in [0.15, 0.2) is 17.3 Å². The van der Waals surface area contributed by atoms with Gasteiger partial charge in [0, 0.05) is 6.20 Å². The van der Waals surface area contributed by atoms with E-state index in [0.29, 0.717) is 12.4 Å². The molecule has 0 aliphatic heterocycles. The second kappa shape index (κ2) is 4.33.